The van der Waals surface area contributed by atoms with E-state index in [4.69, 9.17) is 5.26 Å². The number of likely N-dealkylation sites (N-methyl/N-ethyl adjacent to an activating group) is 1. The molecule has 0 aromatic carbocycles. The minimum atomic E-state index is 0.641. The molecule has 96 valence electrons. The fourth-order valence-corrected chi connectivity index (χ4v) is 3.09. The number of fused-ring (bicyclic) bond motifs is 1. The molecule has 17 heavy (non-hydrogen) atoms. The van der Waals surface area contributed by atoms with Gasteiger partial charge in [-0.3, -0.25) is 9.80 Å². The van der Waals surface area contributed by atoms with Crippen molar-refractivity contribution in [1.29, 1.82) is 5.26 Å². The van der Waals surface area contributed by atoms with Crippen LogP contribution in [0.4, 0.5) is 0 Å². The van der Waals surface area contributed by atoms with Crippen LogP contribution in [0.2, 0.25) is 0 Å². The number of piperazine rings is 1. The number of hydrogen-bond acceptors (Lipinski definition) is 4. The minimum Gasteiger partial charge on any atom is -0.310 e. The van der Waals surface area contributed by atoms with Crippen molar-refractivity contribution in [1.82, 2.24) is 14.7 Å². The van der Waals surface area contributed by atoms with E-state index in [9.17, 15) is 0 Å². The highest BCUT2D eigenvalue weighted by molar-refractivity contribution is 4.91. The molecule has 2 heterocycles. The van der Waals surface area contributed by atoms with Crippen LogP contribution in [0.3, 0.4) is 0 Å². The molecule has 0 aromatic heterocycles. The zero-order valence-corrected chi connectivity index (χ0v) is 11.1. The van der Waals surface area contributed by atoms with E-state index < -0.39 is 0 Å². The second-order valence-electron chi connectivity index (χ2n) is 5.31. The van der Waals surface area contributed by atoms with E-state index in [0.29, 0.717) is 6.04 Å². The second kappa shape index (κ2) is 5.70. The molecule has 2 atom stereocenters. The molecule has 2 fully saturated rings. The number of nitrogens with zero attached hydrogens (tertiary/aromatic N) is 4. The van der Waals surface area contributed by atoms with Crippen molar-refractivity contribution in [3.05, 3.63) is 0 Å². The van der Waals surface area contributed by atoms with Gasteiger partial charge in [0.2, 0.25) is 0 Å². The van der Waals surface area contributed by atoms with Gasteiger partial charge in [0.15, 0.2) is 6.19 Å². The first-order valence-corrected chi connectivity index (χ1v) is 6.87. The summed E-state index contributed by atoms with van der Waals surface area (Å²) in [6.45, 7) is 10.8. The highest BCUT2D eigenvalue weighted by Gasteiger charge is 2.33. The van der Waals surface area contributed by atoms with Crippen LogP contribution in [0.1, 0.15) is 26.7 Å². The first-order valence-electron chi connectivity index (χ1n) is 6.87. The van der Waals surface area contributed by atoms with E-state index in [1.54, 1.807) is 0 Å². The lowest BCUT2D eigenvalue weighted by molar-refractivity contribution is 0.0557. The average Bonchev–Trinajstić information content (AvgIpc) is 2.77. The van der Waals surface area contributed by atoms with Crippen LogP contribution in [0.25, 0.3) is 0 Å². The van der Waals surface area contributed by atoms with Gasteiger partial charge in [-0.2, -0.15) is 5.26 Å². The Kier molecular flexibility index (Phi) is 4.25. The molecule has 4 nitrogen and oxygen atoms in total. The topological polar surface area (TPSA) is 33.5 Å². The molecule has 2 aliphatic rings. The summed E-state index contributed by atoms with van der Waals surface area (Å²) in [5, 5.41) is 8.92. The van der Waals surface area contributed by atoms with Gasteiger partial charge in [-0.25, -0.2) is 0 Å². The maximum absolute atomic E-state index is 8.92. The molecular weight excluding hydrogens is 212 g/mol. The predicted molar refractivity (Wildman–Crippen MR) is 68.5 cm³/mol. The molecule has 0 aliphatic carbocycles. The fraction of sp³-hybridized carbons (Fsp3) is 0.923. The maximum Gasteiger partial charge on any atom is 0.179 e. The summed E-state index contributed by atoms with van der Waals surface area (Å²) >= 11 is 0. The Morgan fingerprint density at radius 3 is 2.94 bits per heavy atom. The van der Waals surface area contributed by atoms with E-state index in [2.05, 4.69) is 22.9 Å². The van der Waals surface area contributed by atoms with Crippen LogP contribution in [0.5, 0.6) is 0 Å². The molecule has 0 amide bonds. The highest BCUT2D eigenvalue weighted by atomic mass is 15.3. The Bertz CT molecular complexity index is 286. The van der Waals surface area contributed by atoms with Crippen molar-refractivity contribution in [2.75, 3.05) is 39.3 Å². The summed E-state index contributed by atoms with van der Waals surface area (Å²) in [7, 11) is 0. The quantitative estimate of drug-likeness (QED) is 0.538. The third kappa shape index (κ3) is 2.91. The smallest absolute Gasteiger partial charge is 0.179 e. The van der Waals surface area contributed by atoms with Crippen LogP contribution >= 0.6 is 0 Å². The number of hydrogen-bond donors (Lipinski definition) is 0. The van der Waals surface area contributed by atoms with Gasteiger partial charge in [0.25, 0.3) is 0 Å². The number of nitriles is 1. The standard InChI is InChI=1S/C13H24N4/c1-3-15(11-14)7-8-16-10-13-5-4-6-17(13)9-12(16)2/h12-13H,3-10H2,1-2H3/t12-,13-/m1/s1. The first kappa shape index (κ1) is 12.7. The van der Waals surface area contributed by atoms with E-state index >= 15 is 0 Å². The van der Waals surface area contributed by atoms with E-state index in [1.165, 1.54) is 32.5 Å². The Labute approximate surface area is 105 Å². The fourth-order valence-electron chi connectivity index (χ4n) is 3.09. The van der Waals surface area contributed by atoms with Crippen LogP contribution in [-0.4, -0.2) is 66.1 Å². The first-order chi connectivity index (χ1) is 8.24. The third-order valence-corrected chi connectivity index (χ3v) is 4.25. The minimum absolute atomic E-state index is 0.641. The zero-order valence-electron chi connectivity index (χ0n) is 11.1. The normalized spacial score (nSPS) is 29.9. The highest BCUT2D eigenvalue weighted by Crippen LogP contribution is 2.24. The molecule has 0 radical (unpaired) electrons. The Hall–Kier alpha value is -0.790. The molecule has 0 N–H and O–H groups in total. The van der Waals surface area contributed by atoms with E-state index in [-0.39, 0.29) is 0 Å². The average molecular weight is 236 g/mol. The van der Waals surface area contributed by atoms with Gasteiger partial charge in [-0.1, -0.05) is 0 Å². The summed E-state index contributed by atoms with van der Waals surface area (Å²) in [6, 6.07) is 1.42. The molecule has 0 saturated carbocycles. The van der Waals surface area contributed by atoms with Crippen LogP contribution < -0.4 is 0 Å². The molecule has 4 heteroatoms. The summed E-state index contributed by atoms with van der Waals surface area (Å²) in [5.74, 6) is 0. The number of rotatable bonds is 4. The van der Waals surface area contributed by atoms with Crippen molar-refractivity contribution in [3.8, 4) is 6.19 Å². The predicted octanol–water partition coefficient (Wildman–Crippen LogP) is 0.958. The summed E-state index contributed by atoms with van der Waals surface area (Å²) in [6.07, 6.45) is 4.97. The van der Waals surface area contributed by atoms with Crippen molar-refractivity contribution >= 4 is 0 Å². The molecule has 0 spiro atoms. The SMILES string of the molecule is CCN(C#N)CCN1C[C@H]2CCCN2C[C@H]1C. The van der Waals surface area contributed by atoms with E-state index in [1.807, 2.05) is 11.8 Å². The Morgan fingerprint density at radius 1 is 1.41 bits per heavy atom. The second-order valence-corrected chi connectivity index (χ2v) is 5.31. The van der Waals surface area contributed by atoms with Gasteiger partial charge < -0.3 is 4.90 Å². The van der Waals surface area contributed by atoms with Gasteiger partial charge in [-0.15, -0.1) is 0 Å². The maximum atomic E-state index is 8.92. The molecule has 2 saturated heterocycles. The molecule has 2 aliphatic heterocycles. The van der Waals surface area contributed by atoms with Crippen molar-refractivity contribution in [2.45, 2.75) is 38.8 Å². The molecular formula is C13H24N4. The monoisotopic (exact) mass is 236 g/mol. The van der Waals surface area contributed by atoms with Gasteiger partial charge >= 0.3 is 0 Å². The third-order valence-electron chi connectivity index (χ3n) is 4.25. The van der Waals surface area contributed by atoms with Crippen LogP contribution in [0.15, 0.2) is 0 Å². The molecule has 0 unspecified atom stereocenters. The van der Waals surface area contributed by atoms with Crippen molar-refractivity contribution in [2.24, 2.45) is 0 Å². The lowest BCUT2D eigenvalue weighted by Crippen LogP contribution is -2.56. The van der Waals surface area contributed by atoms with Crippen LogP contribution in [0, 0.1) is 11.5 Å². The molecule has 2 rings (SSSR count). The lowest BCUT2D eigenvalue weighted by Gasteiger charge is -2.42. The largest absolute Gasteiger partial charge is 0.310 e. The summed E-state index contributed by atoms with van der Waals surface area (Å²) in [5.41, 5.74) is 0. The van der Waals surface area contributed by atoms with Gasteiger partial charge in [0.1, 0.15) is 0 Å². The lowest BCUT2D eigenvalue weighted by atomic mass is 10.1. The summed E-state index contributed by atoms with van der Waals surface area (Å²) in [4.78, 5) is 7.04. The molecule has 0 aromatic rings. The Balaban J connectivity index is 1.82. The van der Waals surface area contributed by atoms with Gasteiger partial charge in [0, 0.05) is 44.8 Å². The zero-order chi connectivity index (χ0) is 12.3. The van der Waals surface area contributed by atoms with Crippen molar-refractivity contribution in [3.63, 3.8) is 0 Å². The summed E-state index contributed by atoms with van der Waals surface area (Å²) < 4.78 is 0. The molecule has 0 bridgehead atoms. The van der Waals surface area contributed by atoms with Gasteiger partial charge in [0.05, 0.1) is 0 Å². The van der Waals surface area contributed by atoms with Crippen LogP contribution in [-0.2, 0) is 0 Å². The van der Waals surface area contributed by atoms with Crippen molar-refractivity contribution < 1.29 is 0 Å². The van der Waals surface area contributed by atoms with Gasteiger partial charge in [-0.05, 0) is 33.2 Å². The van der Waals surface area contributed by atoms with E-state index in [0.717, 1.165) is 25.7 Å². The Morgan fingerprint density at radius 2 is 2.24 bits per heavy atom.